The average molecular weight is 387 g/mol. The number of rotatable bonds is 12. The van der Waals surface area contributed by atoms with Crippen LogP contribution in [0.3, 0.4) is 0 Å². The molecule has 29 heavy (non-hydrogen) atoms. The van der Waals surface area contributed by atoms with E-state index in [9.17, 15) is 4.79 Å². The number of benzene rings is 3. The summed E-state index contributed by atoms with van der Waals surface area (Å²) in [6.07, 6.45) is 7.06. The van der Waals surface area contributed by atoms with Gasteiger partial charge in [-0.15, -0.1) is 0 Å². The van der Waals surface area contributed by atoms with Crippen molar-refractivity contribution >= 4 is 6.29 Å². The molecule has 0 saturated heterocycles. The van der Waals surface area contributed by atoms with E-state index in [2.05, 4.69) is 72.8 Å². The Morgan fingerprint density at radius 3 is 1.45 bits per heavy atom. The Hall–Kier alpha value is -2.71. The number of hydrogen-bond acceptors (Lipinski definition) is 2. The van der Waals surface area contributed by atoms with E-state index in [-0.39, 0.29) is 0 Å². The molecule has 0 unspecified atom stereocenters. The van der Waals surface area contributed by atoms with Gasteiger partial charge in [0.15, 0.2) is 0 Å². The topological polar surface area (TPSA) is 26.3 Å². The van der Waals surface area contributed by atoms with Gasteiger partial charge in [-0.2, -0.15) is 0 Å². The first kappa shape index (κ1) is 21.0. The lowest BCUT2D eigenvalue weighted by Crippen LogP contribution is -2.33. The van der Waals surface area contributed by atoms with Gasteiger partial charge in [0.2, 0.25) is 0 Å². The highest BCUT2D eigenvalue weighted by Crippen LogP contribution is 2.40. The zero-order valence-corrected chi connectivity index (χ0v) is 17.0. The molecular weight excluding hydrogens is 356 g/mol. The number of hydrogen-bond donors (Lipinski definition) is 0. The molecule has 0 heterocycles. The first-order chi connectivity index (χ1) is 14.4. The first-order valence-electron chi connectivity index (χ1n) is 10.6. The van der Waals surface area contributed by atoms with E-state index in [1.165, 1.54) is 0 Å². The minimum Gasteiger partial charge on any atom is -0.361 e. The number of unbranched alkanes of at least 4 members (excludes halogenated alkanes) is 5. The Bertz CT molecular complexity index is 732. The van der Waals surface area contributed by atoms with Gasteiger partial charge >= 0.3 is 0 Å². The molecule has 3 aromatic rings. The molecule has 0 spiro atoms. The molecule has 0 aliphatic carbocycles. The van der Waals surface area contributed by atoms with Gasteiger partial charge in [-0.25, -0.2) is 0 Å². The van der Waals surface area contributed by atoms with Crippen molar-refractivity contribution in [3.63, 3.8) is 0 Å². The molecule has 150 valence electrons. The van der Waals surface area contributed by atoms with Crippen LogP contribution in [-0.2, 0) is 15.1 Å². The lowest BCUT2D eigenvalue weighted by Gasteiger charge is -2.36. The molecule has 2 heteroatoms. The van der Waals surface area contributed by atoms with Crippen LogP contribution in [0.15, 0.2) is 91.0 Å². The normalized spacial score (nSPS) is 11.3. The minimum atomic E-state index is -0.624. The summed E-state index contributed by atoms with van der Waals surface area (Å²) in [4.78, 5) is 10.4. The molecule has 0 saturated carbocycles. The van der Waals surface area contributed by atoms with Gasteiger partial charge in [-0.05, 0) is 29.5 Å². The molecule has 0 radical (unpaired) electrons. The molecule has 3 aromatic carbocycles. The van der Waals surface area contributed by atoms with Crippen LogP contribution in [0.2, 0.25) is 0 Å². The Morgan fingerprint density at radius 1 is 0.586 bits per heavy atom. The fraction of sp³-hybridized carbons (Fsp3) is 0.296. The largest absolute Gasteiger partial charge is 0.361 e. The third-order valence-electron chi connectivity index (χ3n) is 5.33. The van der Waals surface area contributed by atoms with E-state index in [1.54, 1.807) is 0 Å². The molecule has 0 N–H and O–H groups in total. The van der Waals surface area contributed by atoms with Gasteiger partial charge in [0, 0.05) is 13.0 Å². The summed E-state index contributed by atoms with van der Waals surface area (Å²) >= 11 is 0. The molecule has 0 aromatic heterocycles. The highest BCUT2D eigenvalue weighted by Gasteiger charge is 2.37. The first-order valence-corrected chi connectivity index (χ1v) is 10.6. The predicted octanol–water partition coefficient (Wildman–Crippen LogP) is 6.53. The van der Waals surface area contributed by atoms with Crippen LogP contribution in [0.25, 0.3) is 0 Å². The maximum atomic E-state index is 10.4. The van der Waals surface area contributed by atoms with Gasteiger partial charge < -0.3 is 9.53 Å². The molecule has 3 rings (SSSR count). The molecule has 0 bridgehead atoms. The van der Waals surface area contributed by atoms with Crippen molar-refractivity contribution < 1.29 is 9.53 Å². The SMILES string of the molecule is O=CCCCCCCCOC(c1ccccc1)(c1ccccc1)c1ccccc1. The van der Waals surface area contributed by atoms with Crippen molar-refractivity contribution in [3.8, 4) is 0 Å². The van der Waals surface area contributed by atoms with E-state index in [4.69, 9.17) is 4.74 Å². The molecule has 0 aliphatic rings. The van der Waals surface area contributed by atoms with Crippen LogP contribution < -0.4 is 0 Å². The molecule has 0 atom stereocenters. The molecule has 0 aliphatic heterocycles. The van der Waals surface area contributed by atoms with Crippen LogP contribution in [0.5, 0.6) is 0 Å². The lowest BCUT2D eigenvalue weighted by molar-refractivity contribution is -0.107. The zero-order valence-electron chi connectivity index (χ0n) is 17.0. The number of ether oxygens (including phenoxy) is 1. The summed E-state index contributed by atoms with van der Waals surface area (Å²) in [6, 6.07) is 31.5. The standard InChI is InChI=1S/C27H30O2/c28-22-14-3-1-2-4-15-23-29-27(24-16-8-5-9-17-24,25-18-10-6-11-19-25)26-20-12-7-13-21-26/h5-13,16-22H,1-4,14-15,23H2. The molecular formula is C27H30O2. The Kier molecular flexibility index (Phi) is 8.21. The van der Waals surface area contributed by atoms with E-state index in [0.29, 0.717) is 13.0 Å². The van der Waals surface area contributed by atoms with Crippen molar-refractivity contribution in [2.45, 2.75) is 44.1 Å². The monoisotopic (exact) mass is 386 g/mol. The second-order valence-electron chi connectivity index (χ2n) is 7.35. The number of carbonyl (C=O) groups is 1. The average Bonchev–Trinajstić information content (AvgIpc) is 2.80. The highest BCUT2D eigenvalue weighted by atomic mass is 16.5. The van der Waals surface area contributed by atoms with Gasteiger partial charge in [0.05, 0.1) is 0 Å². The minimum absolute atomic E-state index is 0.624. The second-order valence-corrected chi connectivity index (χ2v) is 7.35. The Balaban J connectivity index is 1.84. The van der Waals surface area contributed by atoms with Crippen LogP contribution in [0, 0.1) is 0 Å². The van der Waals surface area contributed by atoms with Crippen molar-refractivity contribution in [3.05, 3.63) is 108 Å². The lowest BCUT2D eigenvalue weighted by atomic mass is 9.80. The number of aldehydes is 1. The Morgan fingerprint density at radius 2 is 1.00 bits per heavy atom. The molecule has 0 fully saturated rings. The molecule has 2 nitrogen and oxygen atoms in total. The summed E-state index contributed by atoms with van der Waals surface area (Å²) in [5.41, 5.74) is 2.80. The van der Waals surface area contributed by atoms with Crippen LogP contribution >= 0.6 is 0 Å². The summed E-state index contributed by atoms with van der Waals surface area (Å²) in [5, 5.41) is 0. The van der Waals surface area contributed by atoms with Gasteiger partial charge in [-0.3, -0.25) is 0 Å². The second kappa shape index (κ2) is 11.3. The van der Waals surface area contributed by atoms with Crippen molar-refractivity contribution in [2.75, 3.05) is 6.61 Å². The van der Waals surface area contributed by atoms with E-state index >= 15 is 0 Å². The maximum Gasteiger partial charge on any atom is 0.143 e. The maximum absolute atomic E-state index is 10.4. The van der Waals surface area contributed by atoms with E-state index in [1.807, 2.05) is 18.2 Å². The zero-order chi connectivity index (χ0) is 20.2. The quantitative estimate of drug-likeness (QED) is 0.201. The van der Waals surface area contributed by atoms with Crippen molar-refractivity contribution in [2.24, 2.45) is 0 Å². The van der Waals surface area contributed by atoms with E-state index < -0.39 is 5.60 Å². The fourth-order valence-electron chi connectivity index (χ4n) is 3.85. The highest BCUT2D eigenvalue weighted by molar-refractivity contribution is 5.49. The van der Waals surface area contributed by atoms with Gasteiger partial charge in [0.1, 0.15) is 11.9 Å². The smallest absolute Gasteiger partial charge is 0.143 e. The van der Waals surface area contributed by atoms with Crippen molar-refractivity contribution in [1.29, 1.82) is 0 Å². The third-order valence-corrected chi connectivity index (χ3v) is 5.33. The van der Waals surface area contributed by atoms with E-state index in [0.717, 1.165) is 55.1 Å². The van der Waals surface area contributed by atoms with Crippen molar-refractivity contribution in [1.82, 2.24) is 0 Å². The third kappa shape index (κ3) is 5.42. The van der Waals surface area contributed by atoms with Crippen LogP contribution in [0.4, 0.5) is 0 Å². The summed E-state index contributed by atoms with van der Waals surface area (Å²) in [5.74, 6) is 0. The van der Waals surface area contributed by atoms with Gasteiger partial charge in [0.25, 0.3) is 0 Å². The Labute approximate surface area is 174 Å². The number of carbonyl (C=O) groups excluding carboxylic acids is 1. The fourth-order valence-corrected chi connectivity index (χ4v) is 3.85. The molecule has 0 amide bonds. The summed E-state index contributed by atoms with van der Waals surface area (Å²) in [6.45, 7) is 0.687. The van der Waals surface area contributed by atoms with Crippen LogP contribution in [0.1, 0.15) is 55.2 Å². The summed E-state index contributed by atoms with van der Waals surface area (Å²) < 4.78 is 6.76. The predicted molar refractivity (Wildman–Crippen MR) is 119 cm³/mol. The summed E-state index contributed by atoms with van der Waals surface area (Å²) in [7, 11) is 0. The van der Waals surface area contributed by atoms with Crippen LogP contribution in [-0.4, -0.2) is 12.9 Å². The van der Waals surface area contributed by atoms with Gasteiger partial charge in [-0.1, -0.05) is 110 Å².